The predicted octanol–water partition coefficient (Wildman–Crippen LogP) is 5.32. The summed E-state index contributed by atoms with van der Waals surface area (Å²) in [5.74, 6) is -0.788. The van der Waals surface area contributed by atoms with E-state index in [1.54, 1.807) is 14.1 Å². The number of hydrogen-bond donors (Lipinski definition) is 1. The lowest BCUT2D eigenvalue weighted by molar-refractivity contribution is -0.140. The molecule has 3 atom stereocenters. The second-order valence-corrected chi connectivity index (χ2v) is 13.7. The summed E-state index contributed by atoms with van der Waals surface area (Å²) in [5.41, 5.74) is 5.04. The number of aromatic nitrogens is 4. The molecule has 7 rings (SSSR count). The van der Waals surface area contributed by atoms with Gasteiger partial charge in [-0.3, -0.25) is 4.90 Å². The Balaban J connectivity index is 1.27. The van der Waals surface area contributed by atoms with Crippen LogP contribution in [0.3, 0.4) is 0 Å². The summed E-state index contributed by atoms with van der Waals surface area (Å²) < 4.78 is 85.4. The van der Waals surface area contributed by atoms with Gasteiger partial charge >= 0.3 is 18.2 Å². The molecule has 0 bridgehead atoms. The van der Waals surface area contributed by atoms with Gasteiger partial charge in [-0.15, -0.1) is 0 Å². The Hall–Kier alpha value is -3.76. The Morgan fingerprint density at radius 1 is 1.18 bits per heavy atom. The highest BCUT2D eigenvalue weighted by atomic mass is 35.5. The summed E-state index contributed by atoms with van der Waals surface area (Å²) in [7, 11) is 3.19. The van der Waals surface area contributed by atoms with Crippen LogP contribution in [0.15, 0.2) is 12.1 Å². The zero-order chi connectivity index (χ0) is 34.8. The number of amides is 1. The lowest BCUT2D eigenvalue weighted by Crippen LogP contribution is -2.43. The zero-order valence-corrected chi connectivity index (χ0v) is 27.8. The zero-order valence-electron chi connectivity index (χ0n) is 27.0. The van der Waals surface area contributed by atoms with Crippen molar-refractivity contribution in [2.45, 2.75) is 75.7 Å². The van der Waals surface area contributed by atoms with Crippen LogP contribution in [0, 0.1) is 5.82 Å². The molecule has 4 aliphatic heterocycles. The normalized spacial score (nSPS) is 24.0. The monoisotopic (exact) mass is 710 g/mol. The van der Waals surface area contributed by atoms with Crippen molar-refractivity contribution in [2.75, 3.05) is 51.0 Å². The second-order valence-electron chi connectivity index (χ2n) is 13.4. The van der Waals surface area contributed by atoms with Gasteiger partial charge in [-0.25, -0.2) is 13.6 Å². The molecule has 3 aromatic rings. The van der Waals surface area contributed by atoms with Gasteiger partial charge in [-0.2, -0.15) is 32.9 Å². The average Bonchev–Trinajstić information content (AvgIpc) is 3.62. The van der Waals surface area contributed by atoms with Crippen molar-refractivity contribution in [1.29, 1.82) is 0 Å². The van der Waals surface area contributed by atoms with E-state index in [-0.39, 0.29) is 37.3 Å². The molecular formula is C32H36ClF5N8O3. The van der Waals surface area contributed by atoms with E-state index in [4.69, 9.17) is 31.8 Å². The minimum absolute atomic E-state index is 0.0314. The first-order valence-electron chi connectivity index (χ1n) is 16.2. The van der Waals surface area contributed by atoms with E-state index in [9.17, 15) is 22.4 Å². The van der Waals surface area contributed by atoms with E-state index < -0.39 is 52.7 Å². The van der Waals surface area contributed by atoms with E-state index in [1.165, 1.54) is 4.90 Å². The molecule has 1 unspecified atom stereocenters. The Morgan fingerprint density at radius 2 is 1.98 bits per heavy atom. The van der Waals surface area contributed by atoms with Crippen LogP contribution in [-0.2, 0) is 36.9 Å². The molecule has 264 valence electrons. The number of ether oxygens (including phenoxy) is 2. The van der Waals surface area contributed by atoms with E-state index in [2.05, 4.69) is 15.0 Å². The smallest absolute Gasteiger partial charge is 0.416 e. The maximum Gasteiger partial charge on any atom is 0.416 e. The molecule has 2 saturated heterocycles. The van der Waals surface area contributed by atoms with Crippen LogP contribution in [0.1, 0.15) is 65.4 Å². The Bertz CT molecular complexity index is 1790. The number of nitrogen functional groups attached to an aromatic ring is 1. The number of nitrogens with zero attached hydrogens (tertiary/aromatic N) is 7. The summed E-state index contributed by atoms with van der Waals surface area (Å²) in [5, 5.41) is 4.64. The third kappa shape index (κ3) is 6.05. The Labute approximate surface area is 284 Å². The van der Waals surface area contributed by atoms with Gasteiger partial charge in [0.2, 0.25) is 0 Å². The SMILES string of the molecule is CN(C)C(=O)n1nc2c(c1Cl)CN(c1nc(OC[C@@]34CCCN3C[C@H](F)C4)nc3c1COC(c1c(C(F)(F)F)ccc(N)c1F)C3)CCC2. The van der Waals surface area contributed by atoms with E-state index in [1.807, 2.05) is 4.90 Å². The van der Waals surface area contributed by atoms with E-state index in [0.29, 0.717) is 60.7 Å². The molecule has 0 spiro atoms. The number of anilines is 2. The molecular weight excluding hydrogens is 675 g/mol. The number of alkyl halides is 4. The van der Waals surface area contributed by atoms with E-state index >= 15 is 4.39 Å². The molecule has 4 aliphatic rings. The number of carbonyl (C=O) groups is 1. The summed E-state index contributed by atoms with van der Waals surface area (Å²) in [6, 6.07) is 1.19. The molecule has 0 saturated carbocycles. The first kappa shape index (κ1) is 33.7. The molecule has 11 nitrogen and oxygen atoms in total. The quantitative estimate of drug-likeness (QED) is 0.278. The van der Waals surface area contributed by atoms with Crippen LogP contribution >= 0.6 is 11.6 Å². The standard InChI is InChI=1S/C32H36ClF5N8O3/c1-43(2)30(47)46-27(33)18-14-44(9-3-5-22(18)42-46)28-19-15-48-24(25-20(32(36,37)38)6-7-21(39)26(25)35)11-23(19)40-29(41-28)49-16-31-8-4-10-45(31)13-17(34)12-31/h6-7,17,24H,3-5,8-16,39H2,1-2H3/t17-,24?,31+/m1/s1. The Morgan fingerprint density at radius 3 is 2.73 bits per heavy atom. The third-order valence-corrected chi connectivity index (χ3v) is 10.4. The highest BCUT2D eigenvalue weighted by molar-refractivity contribution is 6.31. The maximum atomic E-state index is 15.3. The van der Waals surface area contributed by atoms with Crippen molar-refractivity contribution in [3.63, 3.8) is 0 Å². The van der Waals surface area contributed by atoms with Gasteiger partial charge < -0.3 is 25.0 Å². The van der Waals surface area contributed by atoms with Gasteiger partial charge in [-0.05, 0) is 44.4 Å². The highest BCUT2D eigenvalue weighted by Gasteiger charge is 2.49. The number of carbonyl (C=O) groups excluding carboxylic acids is 1. The topological polar surface area (TPSA) is 115 Å². The molecule has 1 amide bonds. The highest BCUT2D eigenvalue weighted by Crippen LogP contribution is 2.44. The predicted molar refractivity (Wildman–Crippen MR) is 169 cm³/mol. The largest absolute Gasteiger partial charge is 0.461 e. The second kappa shape index (κ2) is 12.5. The molecule has 0 radical (unpaired) electrons. The molecule has 2 fully saturated rings. The van der Waals surface area contributed by atoms with Gasteiger partial charge in [0.25, 0.3) is 0 Å². The van der Waals surface area contributed by atoms with Crippen LogP contribution < -0.4 is 15.4 Å². The molecule has 1 aromatic carbocycles. The van der Waals surface area contributed by atoms with Crippen molar-refractivity contribution in [2.24, 2.45) is 0 Å². The molecule has 0 aliphatic carbocycles. The number of halogens is 6. The van der Waals surface area contributed by atoms with Gasteiger partial charge in [-0.1, -0.05) is 11.6 Å². The van der Waals surface area contributed by atoms with E-state index in [0.717, 1.165) is 36.2 Å². The number of fused-ring (bicyclic) bond motifs is 3. The fourth-order valence-electron chi connectivity index (χ4n) is 7.59. The summed E-state index contributed by atoms with van der Waals surface area (Å²) in [4.78, 5) is 27.6. The summed E-state index contributed by atoms with van der Waals surface area (Å²) in [6.45, 7) is 1.69. The Kier molecular flexibility index (Phi) is 8.63. The summed E-state index contributed by atoms with van der Waals surface area (Å²) >= 11 is 6.70. The number of benzene rings is 1. The first-order valence-corrected chi connectivity index (χ1v) is 16.5. The molecule has 2 N–H and O–H groups in total. The first-order chi connectivity index (χ1) is 23.3. The van der Waals surface area contributed by atoms with Crippen molar-refractivity contribution in [3.8, 4) is 6.01 Å². The van der Waals surface area contributed by atoms with Crippen molar-refractivity contribution >= 4 is 29.1 Å². The maximum absolute atomic E-state index is 15.3. The number of nitrogens with two attached hydrogens (primary N) is 1. The molecule has 49 heavy (non-hydrogen) atoms. The van der Waals surface area contributed by atoms with Crippen LogP contribution in [0.4, 0.5) is 38.3 Å². The lowest BCUT2D eigenvalue weighted by Gasteiger charge is -2.33. The minimum atomic E-state index is -4.86. The van der Waals surface area contributed by atoms with Gasteiger partial charge in [0.05, 0.1) is 40.9 Å². The fourth-order valence-corrected chi connectivity index (χ4v) is 7.87. The van der Waals surface area contributed by atoms with Crippen molar-refractivity contribution < 1.29 is 36.2 Å². The average molecular weight is 711 g/mol. The fraction of sp³-hybridized carbons (Fsp3) is 0.562. The van der Waals surface area contributed by atoms with Gasteiger partial charge in [0, 0.05) is 63.3 Å². The molecule has 6 heterocycles. The van der Waals surface area contributed by atoms with Crippen molar-refractivity contribution in [3.05, 3.63) is 56.7 Å². The van der Waals surface area contributed by atoms with Crippen LogP contribution in [-0.4, -0.2) is 87.6 Å². The van der Waals surface area contributed by atoms with Gasteiger partial charge in [0.1, 0.15) is 23.7 Å². The molecule has 17 heteroatoms. The minimum Gasteiger partial charge on any atom is -0.461 e. The van der Waals surface area contributed by atoms with Crippen LogP contribution in [0.2, 0.25) is 5.15 Å². The summed E-state index contributed by atoms with van der Waals surface area (Å²) in [6.07, 6.45) is -4.28. The third-order valence-electron chi connectivity index (χ3n) is 9.98. The molecule has 2 aromatic heterocycles. The number of aryl methyl sites for hydroxylation is 1. The van der Waals surface area contributed by atoms with Crippen LogP contribution in [0.5, 0.6) is 6.01 Å². The van der Waals surface area contributed by atoms with Crippen LogP contribution in [0.25, 0.3) is 0 Å². The van der Waals surface area contributed by atoms with Gasteiger partial charge in [0.15, 0.2) is 5.82 Å². The van der Waals surface area contributed by atoms with Crippen molar-refractivity contribution in [1.82, 2.24) is 29.5 Å². The lowest BCUT2D eigenvalue weighted by atomic mass is 9.94. The number of hydrogen-bond acceptors (Lipinski definition) is 9. The number of rotatable bonds is 5.